The standard InChI is InChI=1S/C24H26N4O2S2/c1-17(2)31-20-8-5-18(6-9-20)23(29)28(13-4-12-27-14-11-25-16-27)24-26-21-10-7-19(30-3)15-22(21)32-24/h5-11,14-17H,4,12-13H2,1-3H3. The van der Waals surface area contributed by atoms with Gasteiger partial charge in [0.2, 0.25) is 0 Å². The Hall–Kier alpha value is -2.84. The van der Waals surface area contributed by atoms with Crippen molar-refractivity contribution in [3.8, 4) is 5.75 Å². The molecule has 32 heavy (non-hydrogen) atoms. The van der Waals surface area contributed by atoms with Crippen LogP contribution >= 0.6 is 23.1 Å². The van der Waals surface area contributed by atoms with Gasteiger partial charge in [-0.05, 0) is 48.9 Å². The summed E-state index contributed by atoms with van der Waals surface area (Å²) in [7, 11) is 1.65. The number of thiazole rings is 1. The fourth-order valence-electron chi connectivity index (χ4n) is 3.35. The highest BCUT2D eigenvalue weighted by Gasteiger charge is 2.21. The number of fused-ring (bicyclic) bond motifs is 1. The first kappa shape index (κ1) is 22.4. The summed E-state index contributed by atoms with van der Waals surface area (Å²) in [5.74, 6) is 0.742. The summed E-state index contributed by atoms with van der Waals surface area (Å²) in [5, 5.41) is 1.19. The van der Waals surface area contributed by atoms with Gasteiger partial charge in [-0.2, -0.15) is 0 Å². The number of methoxy groups -OCH3 is 1. The second-order valence-electron chi connectivity index (χ2n) is 7.63. The normalized spacial score (nSPS) is 11.2. The molecule has 2 heterocycles. The minimum absolute atomic E-state index is 0.0391. The third kappa shape index (κ3) is 5.31. The van der Waals surface area contributed by atoms with E-state index in [1.54, 1.807) is 36.3 Å². The molecule has 166 valence electrons. The Bertz CT molecular complexity index is 1170. The van der Waals surface area contributed by atoms with E-state index in [0.717, 1.165) is 33.8 Å². The second kappa shape index (κ2) is 10.2. The third-order valence-corrected chi connectivity index (χ3v) is 6.95. The highest BCUT2D eigenvalue weighted by atomic mass is 32.2. The van der Waals surface area contributed by atoms with E-state index in [1.165, 1.54) is 11.3 Å². The number of amides is 1. The van der Waals surface area contributed by atoms with E-state index < -0.39 is 0 Å². The van der Waals surface area contributed by atoms with Gasteiger partial charge in [0.15, 0.2) is 5.13 Å². The first-order valence-electron chi connectivity index (χ1n) is 10.5. The zero-order valence-electron chi connectivity index (χ0n) is 18.4. The van der Waals surface area contributed by atoms with Gasteiger partial charge in [0.25, 0.3) is 5.91 Å². The van der Waals surface area contributed by atoms with Crippen LogP contribution in [0, 0.1) is 0 Å². The van der Waals surface area contributed by atoms with Crippen LogP contribution in [0.25, 0.3) is 10.2 Å². The van der Waals surface area contributed by atoms with Crippen LogP contribution < -0.4 is 9.64 Å². The number of ether oxygens (including phenoxy) is 1. The molecular weight excluding hydrogens is 440 g/mol. The van der Waals surface area contributed by atoms with Crippen LogP contribution in [0.1, 0.15) is 30.6 Å². The predicted octanol–water partition coefficient (Wildman–Crippen LogP) is 5.74. The van der Waals surface area contributed by atoms with E-state index in [0.29, 0.717) is 22.5 Å². The molecule has 4 rings (SSSR count). The highest BCUT2D eigenvalue weighted by Crippen LogP contribution is 2.32. The van der Waals surface area contributed by atoms with Crippen molar-refractivity contribution in [2.45, 2.75) is 37.0 Å². The molecule has 0 fully saturated rings. The molecule has 0 aliphatic carbocycles. The number of aromatic nitrogens is 3. The van der Waals surface area contributed by atoms with Gasteiger partial charge in [-0.25, -0.2) is 9.97 Å². The molecule has 4 aromatic rings. The number of rotatable bonds is 9. The fourth-order valence-corrected chi connectivity index (χ4v) is 5.21. The Labute approximate surface area is 196 Å². The zero-order chi connectivity index (χ0) is 22.5. The molecule has 1 amide bonds. The molecule has 0 aliphatic rings. The van der Waals surface area contributed by atoms with Crippen molar-refractivity contribution in [2.75, 3.05) is 18.6 Å². The van der Waals surface area contributed by atoms with Gasteiger partial charge in [0.1, 0.15) is 5.75 Å². The smallest absolute Gasteiger partial charge is 0.260 e. The summed E-state index contributed by atoms with van der Waals surface area (Å²) in [6, 6.07) is 13.6. The minimum Gasteiger partial charge on any atom is -0.497 e. The lowest BCUT2D eigenvalue weighted by molar-refractivity contribution is 0.0986. The average molecular weight is 467 g/mol. The maximum Gasteiger partial charge on any atom is 0.260 e. The number of hydrogen-bond donors (Lipinski definition) is 0. The Morgan fingerprint density at radius 2 is 2.03 bits per heavy atom. The number of imidazole rings is 1. The number of aryl methyl sites for hydroxylation is 1. The van der Waals surface area contributed by atoms with Crippen LogP contribution in [0.15, 0.2) is 66.1 Å². The SMILES string of the molecule is COc1ccc2nc(N(CCCn3ccnc3)C(=O)c3ccc(SC(C)C)cc3)sc2c1. The Morgan fingerprint density at radius 1 is 1.22 bits per heavy atom. The van der Waals surface area contributed by atoms with Crippen molar-refractivity contribution in [3.05, 3.63) is 66.7 Å². The van der Waals surface area contributed by atoms with Crippen molar-refractivity contribution in [3.63, 3.8) is 0 Å². The van der Waals surface area contributed by atoms with Gasteiger partial charge >= 0.3 is 0 Å². The number of carbonyl (C=O) groups is 1. The van der Waals surface area contributed by atoms with Crippen molar-refractivity contribution < 1.29 is 9.53 Å². The molecular formula is C24H26N4O2S2. The van der Waals surface area contributed by atoms with Crippen molar-refractivity contribution in [1.82, 2.24) is 14.5 Å². The molecule has 0 spiro atoms. The largest absolute Gasteiger partial charge is 0.497 e. The lowest BCUT2D eigenvalue weighted by atomic mass is 10.2. The maximum absolute atomic E-state index is 13.5. The van der Waals surface area contributed by atoms with E-state index in [9.17, 15) is 4.79 Å². The van der Waals surface area contributed by atoms with Crippen molar-refractivity contribution in [1.29, 1.82) is 0 Å². The summed E-state index contributed by atoms with van der Waals surface area (Å²) < 4.78 is 8.35. The maximum atomic E-state index is 13.5. The van der Waals surface area contributed by atoms with Crippen molar-refractivity contribution in [2.24, 2.45) is 0 Å². The topological polar surface area (TPSA) is 60.2 Å². The fraction of sp³-hybridized carbons (Fsp3) is 0.292. The Morgan fingerprint density at radius 3 is 2.72 bits per heavy atom. The molecule has 2 aromatic heterocycles. The van der Waals surface area contributed by atoms with Crippen LogP contribution in [0.4, 0.5) is 5.13 Å². The van der Waals surface area contributed by atoms with Crippen molar-refractivity contribution >= 4 is 44.4 Å². The molecule has 8 heteroatoms. The van der Waals surface area contributed by atoms with Crippen LogP contribution in [0.5, 0.6) is 5.75 Å². The van der Waals surface area contributed by atoms with E-state index in [2.05, 4.69) is 18.8 Å². The van der Waals surface area contributed by atoms with E-state index in [-0.39, 0.29) is 5.91 Å². The lowest BCUT2D eigenvalue weighted by Gasteiger charge is -2.20. The number of hydrogen-bond acceptors (Lipinski definition) is 6. The third-order valence-electron chi connectivity index (χ3n) is 4.89. The summed E-state index contributed by atoms with van der Waals surface area (Å²) >= 11 is 3.29. The molecule has 0 radical (unpaired) electrons. The van der Waals surface area contributed by atoms with E-state index in [1.807, 2.05) is 53.2 Å². The summed E-state index contributed by atoms with van der Waals surface area (Å²) in [6.45, 7) is 5.67. The van der Waals surface area contributed by atoms with E-state index in [4.69, 9.17) is 9.72 Å². The lowest BCUT2D eigenvalue weighted by Crippen LogP contribution is -2.32. The van der Waals surface area contributed by atoms with Gasteiger partial charge in [-0.3, -0.25) is 9.69 Å². The highest BCUT2D eigenvalue weighted by molar-refractivity contribution is 7.99. The second-order valence-corrected chi connectivity index (χ2v) is 10.3. The predicted molar refractivity (Wildman–Crippen MR) is 132 cm³/mol. The number of anilines is 1. The zero-order valence-corrected chi connectivity index (χ0v) is 20.0. The van der Waals surface area contributed by atoms with Crippen LogP contribution in [0.3, 0.4) is 0 Å². The number of thioether (sulfide) groups is 1. The molecule has 0 unspecified atom stereocenters. The molecule has 0 N–H and O–H groups in total. The quantitative estimate of drug-likeness (QED) is 0.294. The number of benzene rings is 2. The molecule has 2 aromatic carbocycles. The average Bonchev–Trinajstić information content (AvgIpc) is 3.45. The van der Waals surface area contributed by atoms with Gasteiger partial charge in [0.05, 0.1) is 23.7 Å². The Balaban J connectivity index is 1.59. The van der Waals surface area contributed by atoms with Crippen LogP contribution in [0.2, 0.25) is 0 Å². The minimum atomic E-state index is -0.0391. The van der Waals surface area contributed by atoms with Gasteiger partial charge < -0.3 is 9.30 Å². The molecule has 6 nitrogen and oxygen atoms in total. The number of nitrogens with zero attached hydrogens (tertiary/aromatic N) is 4. The molecule has 0 bridgehead atoms. The van der Waals surface area contributed by atoms with Gasteiger partial charge in [-0.1, -0.05) is 25.2 Å². The first-order valence-corrected chi connectivity index (χ1v) is 12.2. The van der Waals surface area contributed by atoms with Crippen LogP contribution in [-0.4, -0.2) is 39.3 Å². The molecule has 0 atom stereocenters. The first-order chi connectivity index (χ1) is 15.5. The van der Waals surface area contributed by atoms with Gasteiger partial charge in [0, 0.05) is 41.2 Å². The summed E-state index contributed by atoms with van der Waals surface area (Å²) in [5.41, 5.74) is 1.53. The summed E-state index contributed by atoms with van der Waals surface area (Å²) in [6.07, 6.45) is 6.28. The molecule has 0 saturated carbocycles. The Kier molecular flexibility index (Phi) is 7.12. The van der Waals surface area contributed by atoms with Gasteiger partial charge in [-0.15, -0.1) is 11.8 Å². The molecule has 0 aliphatic heterocycles. The van der Waals surface area contributed by atoms with E-state index >= 15 is 0 Å². The monoisotopic (exact) mass is 466 g/mol. The van der Waals surface area contributed by atoms with Crippen LogP contribution in [-0.2, 0) is 6.54 Å². The molecule has 0 saturated heterocycles. The number of carbonyl (C=O) groups excluding carboxylic acids is 1. The summed E-state index contributed by atoms with van der Waals surface area (Å²) in [4.78, 5) is 25.3.